The molecule has 0 bridgehead atoms. The van der Waals surface area contributed by atoms with Crippen molar-refractivity contribution in [1.82, 2.24) is 9.80 Å². The van der Waals surface area contributed by atoms with Crippen molar-refractivity contribution in [2.45, 2.75) is 12.8 Å². The first-order valence-corrected chi connectivity index (χ1v) is 7.09. The predicted molar refractivity (Wildman–Crippen MR) is 66.0 cm³/mol. The number of piperidine rings is 1. The highest BCUT2D eigenvalue weighted by Gasteiger charge is 2.30. The van der Waals surface area contributed by atoms with Gasteiger partial charge in [-0.15, -0.1) is 11.8 Å². The van der Waals surface area contributed by atoms with Crippen molar-refractivity contribution in [2.24, 2.45) is 5.92 Å². The van der Waals surface area contributed by atoms with Gasteiger partial charge in [-0.25, -0.2) is 0 Å². The minimum atomic E-state index is -0.847. The summed E-state index contributed by atoms with van der Waals surface area (Å²) in [7, 11) is 0. The third-order valence-electron chi connectivity index (χ3n) is 3.27. The van der Waals surface area contributed by atoms with Crippen LogP contribution in [0.25, 0.3) is 0 Å². The summed E-state index contributed by atoms with van der Waals surface area (Å²) in [5, 5.41) is 8.96. The largest absolute Gasteiger partial charge is 0.481 e. The van der Waals surface area contributed by atoms with Crippen molar-refractivity contribution >= 4 is 29.5 Å². The number of aliphatic carboxylic acids is 1. The van der Waals surface area contributed by atoms with Crippen molar-refractivity contribution in [3.05, 3.63) is 0 Å². The fourth-order valence-electron chi connectivity index (χ4n) is 2.21. The molecule has 2 amide bonds. The van der Waals surface area contributed by atoms with E-state index in [-0.39, 0.29) is 24.9 Å². The van der Waals surface area contributed by atoms with Gasteiger partial charge in [0, 0.05) is 13.1 Å². The lowest BCUT2D eigenvalue weighted by atomic mass is 9.98. The fourth-order valence-corrected chi connectivity index (χ4v) is 3.11. The number of rotatable bonds is 3. The number of carbonyl (C=O) groups excluding carboxylic acids is 2. The van der Waals surface area contributed by atoms with Crippen LogP contribution in [0.1, 0.15) is 12.8 Å². The first-order valence-electron chi connectivity index (χ1n) is 5.94. The molecule has 0 aliphatic carbocycles. The van der Waals surface area contributed by atoms with Gasteiger partial charge in [-0.1, -0.05) is 0 Å². The minimum absolute atomic E-state index is 0.0138. The molecule has 0 aromatic rings. The van der Waals surface area contributed by atoms with Crippen LogP contribution < -0.4 is 0 Å². The number of hydrogen-bond donors (Lipinski definition) is 1. The van der Waals surface area contributed by atoms with Gasteiger partial charge in [0.1, 0.15) is 6.54 Å². The summed E-state index contributed by atoms with van der Waals surface area (Å²) in [5.41, 5.74) is 0. The van der Waals surface area contributed by atoms with Crippen LogP contribution in [0.5, 0.6) is 0 Å². The Kier molecular flexibility index (Phi) is 4.11. The second-order valence-corrected chi connectivity index (χ2v) is 5.54. The van der Waals surface area contributed by atoms with E-state index in [1.165, 1.54) is 16.7 Å². The monoisotopic (exact) mass is 272 g/mol. The number of carbonyl (C=O) groups is 3. The molecule has 0 aromatic heterocycles. The molecule has 1 N–H and O–H groups in total. The second-order valence-electron chi connectivity index (χ2n) is 4.59. The second kappa shape index (κ2) is 5.60. The Labute approximate surface area is 109 Å². The van der Waals surface area contributed by atoms with E-state index >= 15 is 0 Å². The molecular formula is C11H16N2O4S. The number of carboxylic acid groups (broad SMARTS) is 1. The minimum Gasteiger partial charge on any atom is -0.481 e. The first kappa shape index (κ1) is 13.2. The summed E-state index contributed by atoms with van der Waals surface area (Å²) < 4.78 is 0. The molecule has 7 heteroatoms. The van der Waals surface area contributed by atoms with Gasteiger partial charge in [-0.3, -0.25) is 14.4 Å². The molecule has 0 aromatic carbocycles. The first-order chi connectivity index (χ1) is 8.58. The predicted octanol–water partition coefficient (Wildman–Crippen LogP) is -0.157. The quantitative estimate of drug-likeness (QED) is 0.772. The van der Waals surface area contributed by atoms with Gasteiger partial charge in [-0.2, -0.15) is 0 Å². The zero-order valence-electron chi connectivity index (χ0n) is 10.0. The maximum atomic E-state index is 12.0. The molecule has 0 radical (unpaired) electrons. The van der Waals surface area contributed by atoms with Crippen LogP contribution in [-0.2, 0) is 14.4 Å². The van der Waals surface area contributed by atoms with Crippen LogP contribution in [0.2, 0.25) is 0 Å². The van der Waals surface area contributed by atoms with Gasteiger partial charge < -0.3 is 14.9 Å². The number of likely N-dealkylation sites (tertiary alicyclic amines) is 1. The van der Waals surface area contributed by atoms with Crippen LogP contribution in [0.4, 0.5) is 0 Å². The van der Waals surface area contributed by atoms with Gasteiger partial charge in [0.25, 0.3) is 0 Å². The summed E-state index contributed by atoms with van der Waals surface area (Å²) in [6.07, 6.45) is 1.34. The van der Waals surface area contributed by atoms with E-state index < -0.39 is 11.9 Å². The zero-order valence-corrected chi connectivity index (χ0v) is 10.8. The summed E-state index contributed by atoms with van der Waals surface area (Å²) in [6.45, 7) is 0.944. The van der Waals surface area contributed by atoms with Crippen molar-refractivity contribution in [2.75, 3.05) is 31.3 Å². The van der Waals surface area contributed by atoms with E-state index in [0.717, 1.165) is 0 Å². The Morgan fingerprint density at radius 2 is 2.22 bits per heavy atom. The molecule has 2 fully saturated rings. The maximum absolute atomic E-state index is 12.0. The molecule has 2 aliphatic heterocycles. The summed E-state index contributed by atoms with van der Waals surface area (Å²) in [4.78, 5) is 37.4. The van der Waals surface area contributed by atoms with Gasteiger partial charge in [0.15, 0.2) is 0 Å². The topological polar surface area (TPSA) is 77.9 Å². The molecule has 1 atom stereocenters. The standard InChI is InChI=1S/C11H16N2O4S/c14-9(5-13-7-18-6-10(13)15)12-3-1-2-8(4-12)11(16)17/h8H,1-7H2,(H,16,17)/t8-/m1/s1. The highest BCUT2D eigenvalue weighted by atomic mass is 32.2. The summed E-state index contributed by atoms with van der Waals surface area (Å²) >= 11 is 1.50. The van der Waals surface area contributed by atoms with Crippen LogP contribution in [0, 0.1) is 5.92 Å². The van der Waals surface area contributed by atoms with Gasteiger partial charge in [0.2, 0.25) is 11.8 Å². The average Bonchev–Trinajstić information content (AvgIpc) is 2.75. The van der Waals surface area contributed by atoms with E-state index in [9.17, 15) is 14.4 Å². The van der Waals surface area contributed by atoms with Crippen LogP contribution in [-0.4, -0.2) is 64.0 Å². The molecule has 2 saturated heterocycles. The smallest absolute Gasteiger partial charge is 0.308 e. The van der Waals surface area contributed by atoms with Gasteiger partial charge >= 0.3 is 5.97 Å². The van der Waals surface area contributed by atoms with E-state index in [2.05, 4.69) is 0 Å². The van der Waals surface area contributed by atoms with Crippen LogP contribution in [0.3, 0.4) is 0 Å². The lowest BCUT2D eigenvalue weighted by Crippen LogP contribution is -2.46. The van der Waals surface area contributed by atoms with E-state index in [1.807, 2.05) is 0 Å². The molecule has 0 spiro atoms. The Morgan fingerprint density at radius 3 is 2.83 bits per heavy atom. The van der Waals surface area contributed by atoms with Crippen molar-refractivity contribution in [1.29, 1.82) is 0 Å². The molecule has 2 aliphatic rings. The third kappa shape index (κ3) is 2.95. The van der Waals surface area contributed by atoms with E-state index in [4.69, 9.17) is 5.11 Å². The number of hydrogen-bond acceptors (Lipinski definition) is 4. The van der Waals surface area contributed by atoms with Gasteiger partial charge in [0.05, 0.1) is 17.5 Å². The molecule has 18 heavy (non-hydrogen) atoms. The molecule has 0 unspecified atom stereocenters. The summed E-state index contributed by atoms with van der Waals surface area (Å²) in [5.74, 6) is -0.477. The highest BCUT2D eigenvalue weighted by molar-refractivity contribution is 8.00. The number of carboxylic acids is 1. The Morgan fingerprint density at radius 1 is 1.44 bits per heavy atom. The molecular weight excluding hydrogens is 256 g/mol. The van der Waals surface area contributed by atoms with Crippen LogP contribution in [0.15, 0.2) is 0 Å². The number of thioether (sulfide) groups is 1. The number of nitrogens with zero attached hydrogens (tertiary/aromatic N) is 2. The van der Waals surface area contributed by atoms with E-state index in [0.29, 0.717) is 31.0 Å². The van der Waals surface area contributed by atoms with Crippen molar-refractivity contribution in [3.8, 4) is 0 Å². The zero-order chi connectivity index (χ0) is 13.1. The average molecular weight is 272 g/mol. The SMILES string of the molecule is O=C(O)[C@@H]1CCCN(C(=O)CN2CSCC2=O)C1. The molecule has 2 rings (SSSR count). The normalized spacial score (nSPS) is 24.4. The highest BCUT2D eigenvalue weighted by Crippen LogP contribution is 2.18. The summed E-state index contributed by atoms with van der Waals surface area (Å²) in [6, 6.07) is 0. The molecule has 2 heterocycles. The van der Waals surface area contributed by atoms with Crippen LogP contribution >= 0.6 is 11.8 Å². The van der Waals surface area contributed by atoms with Crippen molar-refractivity contribution in [3.63, 3.8) is 0 Å². The number of amides is 2. The Hall–Kier alpha value is -1.24. The lowest BCUT2D eigenvalue weighted by molar-refractivity contribution is -0.147. The Bertz CT molecular complexity index is 374. The fraction of sp³-hybridized carbons (Fsp3) is 0.727. The molecule has 6 nitrogen and oxygen atoms in total. The molecule has 100 valence electrons. The third-order valence-corrected chi connectivity index (χ3v) is 4.22. The maximum Gasteiger partial charge on any atom is 0.308 e. The Balaban J connectivity index is 1.88. The lowest BCUT2D eigenvalue weighted by Gasteiger charge is -2.31. The molecule has 0 saturated carbocycles. The van der Waals surface area contributed by atoms with Gasteiger partial charge in [-0.05, 0) is 12.8 Å². The van der Waals surface area contributed by atoms with E-state index in [1.54, 1.807) is 4.90 Å². The van der Waals surface area contributed by atoms with Crippen molar-refractivity contribution < 1.29 is 19.5 Å².